The highest BCUT2D eigenvalue weighted by molar-refractivity contribution is 7.17. The van der Waals surface area contributed by atoms with Gasteiger partial charge in [-0.1, -0.05) is 0 Å². The van der Waals surface area contributed by atoms with Crippen molar-refractivity contribution in [3.05, 3.63) is 34.3 Å². The van der Waals surface area contributed by atoms with Gasteiger partial charge in [-0.15, -0.1) is 11.3 Å². The summed E-state index contributed by atoms with van der Waals surface area (Å²) in [6, 6.07) is 4.68. The molecule has 0 aliphatic carbocycles. The summed E-state index contributed by atoms with van der Waals surface area (Å²) in [6.45, 7) is 1.78. The highest BCUT2D eigenvalue weighted by Crippen LogP contribution is 2.30. The van der Waals surface area contributed by atoms with Crippen LogP contribution in [0, 0.1) is 6.92 Å². The fourth-order valence-corrected chi connectivity index (χ4v) is 2.79. The molecule has 0 radical (unpaired) electrons. The molecule has 0 saturated carbocycles. The number of carbonyl (C=O) groups excluding carboxylic acids is 2. The van der Waals surface area contributed by atoms with Gasteiger partial charge in [0.25, 0.3) is 5.91 Å². The standard InChI is InChI=1S/C14H14N2O3S/c1-8-12(14(19)16(2)3)20-13(15-8)9-4-5-11(18)10(6-9)7-17/h4-7,18H,1-3H3. The molecule has 0 spiro atoms. The molecule has 0 unspecified atom stereocenters. The van der Waals surface area contributed by atoms with E-state index in [0.717, 1.165) is 0 Å². The van der Waals surface area contributed by atoms with Gasteiger partial charge >= 0.3 is 0 Å². The molecule has 0 bridgehead atoms. The van der Waals surface area contributed by atoms with E-state index in [0.29, 0.717) is 27.4 Å². The van der Waals surface area contributed by atoms with Crippen LogP contribution in [0.2, 0.25) is 0 Å². The fraction of sp³-hybridized carbons (Fsp3) is 0.214. The van der Waals surface area contributed by atoms with Crippen LogP contribution in [-0.4, -0.2) is 41.3 Å². The van der Waals surface area contributed by atoms with Crippen LogP contribution in [0.15, 0.2) is 18.2 Å². The first-order valence-electron chi connectivity index (χ1n) is 5.91. The van der Waals surface area contributed by atoms with Gasteiger partial charge in [0.15, 0.2) is 6.29 Å². The number of phenols is 1. The number of hydrogen-bond acceptors (Lipinski definition) is 5. The summed E-state index contributed by atoms with van der Waals surface area (Å²) in [5.41, 5.74) is 1.57. The topological polar surface area (TPSA) is 70.5 Å². The molecular formula is C14H14N2O3S. The predicted octanol–water partition coefficient (Wildman–Crippen LogP) is 2.34. The smallest absolute Gasteiger partial charge is 0.265 e. The molecule has 1 aromatic heterocycles. The van der Waals surface area contributed by atoms with Gasteiger partial charge in [0, 0.05) is 19.7 Å². The van der Waals surface area contributed by atoms with Crippen molar-refractivity contribution in [1.29, 1.82) is 0 Å². The molecule has 2 rings (SSSR count). The second-order valence-corrected chi connectivity index (χ2v) is 5.52. The lowest BCUT2D eigenvalue weighted by molar-refractivity contribution is 0.0831. The van der Waals surface area contributed by atoms with Crippen LogP contribution < -0.4 is 0 Å². The van der Waals surface area contributed by atoms with Gasteiger partial charge in [0.2, 0.25) is 0 Å². The first kappa shape index (κ1) is 14.2. The molecule has 20 heavy (non-hydrogen) atoms. The Morgan fingerprint density at radius 3 is 2.70 bits per heavy atom. The zero-order valence-electron chi connectivity index (χ0n) is 11.4. The number of aromatic hydroxyl groups is 1. The number of amides is 1. The summed E-state index contributed by atoms with van der Waals surface area (Å²) < 4.78 is 0. The zero-order chi connectivity index (χ0) is 14.9. The maximum absolute atomic E-state index is 12.0. The van der Waals surface area contributed by atoms with Gasteiger partial charge in [0.1, 0.15) is 15.6 Å². The number of aldehydes is 1. The number of carbonyl (C=O) groups is 2. The van der Waals surface area contributed by atoms with Crippen LogP contribution in [0.3, 0.4) is 0 Å². The van der Waals surface area contributed by atoms with E-state index in [1.54, 1.807) is 33.2 Å². The van der Waals surface area contributed by atoms with E-state index < -0.39 is 0 Å². The van der Waals surface area contributed by atoms with Crippen LogP contribution >= 0.6 is 11.3 Å². The Kier molecular flexibility index (Phi) is 3.85. The minimum atomic E-state index is -0.0966. The average Bonchev–Trinajstić information content (AvgIpc) is 2.80. The Bertz CT molecular complexity index is 677. The summed E-state index contributed by atoms with van der Waals surface area (Å²) in [7, 11) is 3.37. The Hall–Kier alpha value is -2.21. The Labute approximate surface area is 120 Å². The van der Waals surface area contributed by atoms with E-state index in [-0.39, 0.29) is 17.2 Å². The first-order valence-corrected chi connectivity index (χ1v) is 6.73. The van der Waals surface area contributed by atoms with Crippen molar-refractivity contribution in [2.24, 2.45) is 0 Å². The molecule has 6 heteroatoms. The molecule has 0 saturated heterocycles. The van der Waals surface area contributed by atoms with E-state index in [9.17, 15) is 14.7 Å². The SMILES string of the molecule is Cc1nc(-c2ccc(O)c(C=O)c2)sc1C(=O)N(C)C. The third kappa shape index (κ3) is 2.55. The fourth-order valence-electron chi connectivity index (χ4n) is 1.70. The highest BCUT2D eigenvalue weighted by atomic mass is 32.1. The summed E-state index contributed by atoms with van der Waals surface area (Å²) in [5.74, 6) is -0.165. The van der Waals surface area contributed by atoms with Gasteiger partial charge in [0.05, 0.1) is 11.3 Å². The predicted molar refractivity (Wildman–Crippen MR) is 77.4 cm³/mol. The lowest BCUT2D eigenvalue weighted by Gasteiger charge is -2.07. The molecule has 0 fully saturated rings. The van der Waals surface area contributed by atoms with Crippen molar-refractivity contribution in [3.8, 4) is 16.3 Å². The third-order valence-corrected chi connectivity index (χ3v) is 3.99. The number of phenolic OH excluding ortho intramolecular Hbond substituents is 1. The van der Waals surface area contributed by atoms with Crippen LogP contribution in [-0.2, 0) is 0 Å². The van der Waals surface area contributed by atoms with Gasteiger partial charge in [-0.3, -0.25) is 9.59 Å². The quantitative estimate of drug-likeness (QED) is 0.881. The summed E-state index contributed by atoms with van der Waals surface area (Å²) in [6.07, 6.45) is 0.588. The Morgan fingerprint density at radius 1 is 1.40 bits per heavy atom. The van der Waals surface area contributed by atoms with Crippen molar-refractivity contribution in [2.75, 3.05) is 14.1 Å². The maximum atomic E-state index is 12.0. The molecular weight excluding hydrogens is 276 g/mol. The van der Waals surface area contributed by atoms with E-state index >= 15 is 0 Å². The summed E-state index contributed by atoms with van der Waals surface area (Å²) in [5, 5.41) is 10.1. The third-order valence-electron chi connectivity index (χ3n) is 2.80. The lowest BCUT2D eigenvalue weighted by Crippen LogP contribution is -2.21. The van der Waals surface area contributed by atoms with Crippen LogP contribution in [0.1, 0.15) is 25.7 Å². The van der Waals surface area contributed by atoms with Crippen LogP contribution in [0.25, 0.3) is 10.6 Å². The molecule has 1 amide bonds. The van der Waals surface area contributed by atoms with Gasteiger partial charge in [-0.25, -0.2) is 4.98 Å². The molecule has 0 atom stereocenters. The molecule has 0 aliphatic heterocycles. The maximum Gasteiger partial charge on any atom is 0.265 e. The Balaban J connectivity index is 2.47. The van der Waals surface area contributed by atoms with Crippen molar-refractivity contribution in [2.45, 2.75) is 6.92 Å². The molecule has 2 aromatic rings. The average molecular weight is 290 g/mol. The summed E-state index contributed by atoms with van der Waals surface area (Å²) in [4.78, 5) is 29.3. The Morgan fingerprint density at radius 2 is 2.10 bits per heavy atom. The second kappa shape index (κ2) is 5.42. The lowest BCUT2D eigenvalue weighted by atomic mass is 10.1. The molecule has 5 nitrogen and oxygen atoms in total. The first-order chi connectivity index (χ1) is 9.43. The number of aryl methyl sites for hydroxylation is 1. The normalized spacial score (nSPS) is 10.3. The van der Waals surface area contributed by atoms with E-state index in [1.807, 2.05) is 0 Å². The number of hydrogen-bond donors (Lipinski definition) is 1. The van der Waals surface area contributed by atoms with Gasteiger partial charge < -0.3 is 10.0 Å². The van der Waals surface area contributed by atoms with E-state index in [4.69, 9.17) is 0 Å². The van der Waals surface area contributed by atoms with Crippen LogP contribution in [0.4, 0.5) is 0 Å². The number of thiazole rings is 1. The molecule has 1 heterocycles. The number of aromatic nitrogens is 1. The minimum absolute atomic E-state index is 0.0679. The molecule has 0 aliphatic rings. The molecule has 1 N–H and O–H groups in total. The van der Waals surface area contributed by atoms with Crippen molar-refractivity contribution < 1.29 is 14.7 Å². The highest BCUT2D eigenvalue weighted by Gasteiger charge is 2.18. The number of rotatable bonds is 3. The van der Waals surface area contributed by atoms with Crippen molar-refractivity contribution in [3.63, 3.8) is 0 Å². The van der Waals surface area contributed by atoms with Crippen molar-refractivity contribution in [1.82, 2.24) is 9.88 Å². The number of nitrogens with zero attached hydrogens (tertiary/aromatic N) is 2. The van der Waals surface area contributed by atoms with Crippen LogP contribution in [0.5, 0.6) is 5.75 Å². The van der Waals surface area contributed by atoms with Gasteiger partial charge in [-0.2, -0.15) is 0 Å². The summed E-state index contributed by atoms with van der Waals surface area (Å²) >= 11 is 1.27. The van der Waals surface area contributed by atoms with E-state index in [1.165, 1.54) is 22.3 Å². The number of benzene rings is 1. The molecule has 1 aromatic carbocycles. The second-order valence-electron chi connectivity index (χ2n) is 4.52. The van der Waals surface area contributed by atoms with E-state index in [2.05, 4.69) is 4.98 Å². The van der Waals surface area contributed by atoms with Crippen molar-refractivity contribution >= 4 is 23.5 Å². The molecule has 104 valence electrons. The largest absolute Gasteiger partial charge is 0.507 e. The zero-order valence-corrected chi connectivity index (χ0v) is 12.2. The monoisotopic (exact) mass is 290 g/mol. The minimum Gasteiger partial charge on any atom is -0.507 e. The van der Waals surface area contributed by atoms with Gasteiger partial charge in [-0.05, 0) is 25.1 Å².